The predicted molar refractivity (Wildman–Crippen MR) is 95.3 cm³/mol. The van der Waals surface area contributed by atoms with E-state index in [0.717, 1.165) is 5.56 Å². The molecular formula is C17H14Cl2N4O. The summed E-state index contributed by atoms with van der Waals surface area (Å²) < 4.78 is 1.66. The number of anilines is 1. The average molecular weight is 361 g/mol. The molecule has 0 saturated carbocycles. The van der Waals surface area contributed by atoms with Gasteiger partial charge in [-0.05, 0) is 29.8 Å². The summed E-state index contributed by atoms with van der Waals surface area (Å²) in [6.07, 6.45) is 3.17. The molecule has 7 heteroatoms. The van der Waals surface area contributed by atoms with Gasteiger partial charge in [-0.25, -0.2) is 0 Å². The van der Waals surface area contributed by atoms with E-state index in [9.17, 15) is 4.79 Å². The topological polar surface area (TPSA) is 59.0 Å². The number of amides is 1. The fourth-order valence-corrected chi connectivity index (χ4v) is 2.52. The van der Waals surface area contributed by atoms with Crippen molar-refractivity contribution in [1.82, 2.24) is 15.2 Å². The Kier molecular flexibility index (Phi) is 5.03. The number of hydrogen-bond donors (Lipinski definition) is 2. The molecule has 122 valence electrons. The monoisotopic (exact) mass is 360 g/mol. The van der Waals surface area contributed by atoms with Gasteiger partial charge < -0.3 is 0 Å². The van der Waals surface area contributed by atoms with Crippen molar-refractivity contribution in [2.75, 3.05) is 5.43 Å². The molecule has 0 fully saturated rings. The van der Waals surface area contributed by atoms with Crippen LogP contribution in [0.25, 0.3) is 0 Å². The van der Waals surface area contributed by atoms with Crippen LogP contribution in [0.3, 0.4) is 0 Å². The van der Waals surface area contributed by atoms with Crippen LogP contribution in [-0.4, -0.2) is 15.7 Å². The van der Waals surface area contributed by atoms with Gasteiger partial charge in [0.15, 0.2) is 0 Å². The Morgan fingerprint density at radius 1 is 1.12 bits per heavy atom. The summed E-state index contributed by atoms with van der Waals surface area (Å²) in [6.45, 7) is 0.495. The first-order valence-corrected chi connectivity index (χ1v) is 7.95. The Hall–Kier alpha value is -2.50. The van der Waals surface area contributed by atoms with E-state index in [-0.39, 0.29) is 5.91 Å². The van der Waals surface area contributed by atoms with E-state index in [4.69, 9.17) is 23.2 Å². The van der Waals surface area contributed by atoms with Gasteiger partial charge in [-0.1, -0.05) is 47.5 Å². The first-order chi connectivity index (χ1) is 11.6. The Balaban J connectivity index is 1.62. The second-order valence-corrected chi connectivity index (χ2v) is 5.95. The summed E-state index contributed by atoms with van der Waals surface area (Å²) in [5.74, 6) is -0.291. The highest BCUT2D eigenvalue weighted by molar-refractivity contribution is 6.31. The van der Waals surface area contributed by atoms with Gasteiger partial charge >= 0.3 is 0 Å². The maximum atomic E-state index is 12.1. The molecule has 0 aliphatic heterocycles. The van der Waals surface area contributed by atoms with Crippen LogP contribution < -0.4 is 10.9 Å². The molecule has 0 bridgehead atoms. The van der Waals surface area contributed by atoms with Crippen LogP contribution in [0, 0.1) is 0 Å². The Morgan fingerprint density at radius 2 is 1.96 bits per heavy atom. The van der Waals surface area contributed by atoms with Crippen molar-refractivity contribution in [3.63, 3.8) is 0 Å². The number of carbonyl (C=O) groups excluding carboxylic acids is 1. The number of carbonyl (C=O) groups is 1. The lowest BCUT2D eigenvalue weighted by Gasteiger charge is -2.07. The molecule has 5 nitrogen and oxygen atoms in total. The molecule has 0 unspecified atom stereocenters. The fraction of sp³-hybridized carbons (Fsp3) is 0.0588. The first-order valence-electron chi connectivity index (χ1n) is 7.19. The summed E-state index contributed by atoms with van der Waals surface area (Å²) in [6, 6.07) is 14.6. The summed E-state index contributed by atoms with van der Waals surface area (Å²) in [5.41, 5.74) is 7.49. The van der Waals surface area contributed by atoms with E-state index in [2.05, 4.69) is 16.0 Å². The zero-order valence-corrected chi connectivity index (χ0v) is 14.1. The van der Waals surface area contributed by atoms with E-state index >= 15 is 0 Å². The largest absolute Gasteiger partial charge is 0.298 e. The number of hydrogen-bond acceptors (Lipinski definition) is 3. The zero-order valence-electron chi connectivity index (χ0n) is 12.5. The third kappa shape index (κ3) is 4.07. The summed E-state index contributed by atoms with van der Waals surface area (Å²) in [4.78, 5) is 12.1. The van der Waals surface area contributed by atoms with E-state index in [1.165, 1.54) is 6.20 Å². The lowest BCUT2D eigenvalue weighted by molar-refractivity contribution is 0.0962. The zero-order chi connectivity index (χ0) is 16.9. The minimum atomic E-state index is -0.291. The smallest absolute Gasteiger partial charge is 0.272 e. The molecule has 3 rings (SSSR count). The molecule has 1 amide bonds. The predicted octanol–water partition coefficient (Wildman–Crippen LogP) is 4.00. The third-order valence-corrected chi connectivity index (χ3v) is 3.93. The lowest BCUT2D eigenvalue weighted by Crippen LogP contribution is -2.29. The molecule has 2 N–H and O–H groups in total. The van der Waals surface area contributed by atoms with Gasteiger partial charge in [-0.15, -0.1) is 0 Å². The molecule has 0 aliphatic carbocycles. The molecule has 0 atom stereocenters. The van der Waals surface area contributed by atoms with Gasteiger partial charge in [0.25, 0.3) is 5.91 Å². The number of hydrazine groups is 1. The van der Waals surface area contributed by atoms with Crippen molar-refractivity contribution in [3.8, 4) is 0 Å². The average Bonchev–Trinajstić information content (AvgIpc) is 3.04. The van der Waals surface area contributed by atoms with Crippen molar-refractivity contribution in [1.29, 1.82) is 0 Å². The normalized spacial score (nSPS) is 10.4. The summed E-state index contributed by atoms with van der Waals surface area (Å²) in [5, 5.41) is 5.44. The van der Waals surface area contributed by atoms with E-state index in [0.29, 0.717) is 27.8 Å². The Labute approximate surface area is 149 Å². The summed E-state index contributed by atoms with van der Waals surface area (Å²) >= 11 is 12.0. The number of halogens is 2. The molecule has 0 radical (unpaired) electrons. The highest BCUT2D eigenvalue weighted by Crippen LogP contribution is 2.16. The van der Waals surface area contributed by atoms with Gasteiger partial charge in [-0.2, -0.15) is 5.10 Å². The van der Waals surface area contributed by atoms with Crippen LogP contribution in [0.15, 0.2) is 60.9 Å². The second-order valence-electron chi connectivity index (χ2n) is 5.11. The van der Waals surface area contributed by atoms with Crippen LogP contribution in [0.5, 0.6) is 0 Å². The lowest BCUT2D eigenvalue weighted by atomic mass is 10.2. The third-order valence-electron chi connectivity index (χ3n) is 3.33. The fourth-order valence-electron chi connectivity index (χ4n) is 2.14. The highest BCUT2D eigenvalue weighted by Gasteiger charge is 2.09. The Morgan fingerprint density at radius 3 is 2.75 bits per heavy atom. The molecule has 1 aromatic heterocycles. The van der Waals surface area contributed by atoms with Gasteiger partial charge in [0, 0.05) is 16.2 Å². The standard InChI is InChI=1S/C17H14Cl2N4O/c18-14-5-3-6-15(8-14)21-22-17(24)13-9-20-23(11-13)10-12-4-1-2-7-16(12)19/h1-9,11,21H,10H2,(H,22,24). The number of nitrogens with one attached hydrogen (secondary N) is 2. The van der Waals surface area contributed by atoms with Crippen LogP contribution in [0.4, 0.5) is 5.69 Å². The second kappa shape index (κ2) is 7.38. The number of rotatable bonds is 5. The first kappa shape index (κ1) is 16.4. The molecule has 3 aromatic rings. The van der Waals surface area contributed by atoms with E-state index < -0.39 is 0 Å². The van der Waals surface area contributed by atoms with Gasteiger partial charge in [0.05, 0.1) is 24.0 Å². The molecular weight excluding hydrogens is 347 g/mol. The van der Waals surface area contributed by atoms with Crippen molar-refractivity contribution in [3.05, 3.63) is 82.1 Å². The quantitative estimate of drug-likeness (QED) is 0.676. The van der Waals surface area contributed by atoms with Crippen molar-refractivity contribution in [2.24, 2.45) is 0 Å². The van der Waals surface area contributed by atoms with Gasteiger partial charge in [-0.3, -0.25) is 20.3 Å². The molecule has 0 spiro atoms. The van der Waals surface area contributed by atoms with Gasteiger partial charge in [0.1, 0.15) is 0 Å². The molecule has 1 heterocycles. The van der Waals surface area contributed by atoms with E-state index in [1.54, 1.807) is 35.1 Å². The van der Waals surface area contributed by atoms with Gasteiger partial charge in [0.2, 0.25) is 0 Å². The molecule has 24 heavy (non-hydrogen) atoms. The minimum Gasteiger partial charge on any atom is -0.298 e. The number of nitrogens with zero attached hydrogens (tertiary/aromatic N) is 2. The summed E-state index contributed by atoms with van der Waals surface area (Å²) in [7, 11) is 0. The molecule has 2 aromatic carbocycles. The van der Waals surface area contributed by atoms with Crippen LogP contribution >= 0.6 is 23.2 Å². The number of benzene rings is 2. The maximum absolute atomic E-state index is 12.1. The molecule has 0 aliphatic rings. The SMILES string of the molecule is O=C(NNc1cccc(Cl)c1)c1cnn(Cc2ccccc2Cl)c1. The van der Waals surface area contributed by atoms with Crippen molar-refractivity contribution >= 4 is 34.8 Å². The van der Waals surface area contributed by atoms with Crippen LogP contribution in [0.2, 0.25) is 10.0 Å². The van der Waals surface area contributed by atoms with Crippen molar-refractivity contribution in [2.45, 2.75) is 6.54 Å². The van der Waals surface area contributed by atoms with Crippen LogP contribution in [-0.2, 0) is 6.54 Å². The Bertz CT molecular complexity index is 863. The van der Waals surface area contributed by atoms with Crippen molar-refractivity contribution < 1.29 is 4.79 Å². The highest BCUT2D eigenvalue weighted by atomic mass is 35.5. The maximum Gasteiger partial charge on any atom is 0.272 e. The van der Waals surface area contributed by atoms with E-state index in [1.807, 2.05) is 24.3 Å². The molecule has 0 saturated heterocycles. The number of aromatic nitrogens is 2. The van der Waals surface area contributed by atoms with Crippen LogP contribution in [0.1, 0.15) is 15.9 Å². The minimum absolute atomic E-state index is 0.291.